The van der Waals surface area contributed by atoms with Crippen LogP contribution in [0.3, 0.4) is 0 Å². The minimum absolute atomic E-state index is 0.129. The van der Waals surface area contributed by atoms with Gasteiger partial charge in [-0.05, 0) is 109 Å². The molecule has 54 heavy (non-hydrogen) atoms. The highest BCUT2D eigenvalue weighted by molar-refractivity contribution is 7.26. The van der Waals surface area contributed by atoms with Gasteiger partial charge in [0.05, 0.1) is 34.4 Å². The van der Waals surface area contributed by atoms with Crippen molar-refractivity contribution in [2.75, 3.05) is 0 Å². The summed E-state index contributed by atoms with van der Waals surface area (Å²) in [4.78, 5) is 34.4. The van der Waals surface area contributed by atoms with E-state index in [1.165, 1.54) is 35.2 Å². The normalized spacial score (nSPS) is 10.5. The Morgan fingerprint density at radius 1 is 0.444 bits per heavy atom. The lowest BCUT2D eigenvalue weighted by molar-refractivity contribution is 0.0670. The molecule has 4 aromatic heterocycles. The van der Waals surface area contributed by atoms with Crippen LogP contribution in [-0.4, -0.2) is 11.9 Å². The van der Waals surface area contributed by atoms with Gasteiger partial charge in [-0.3, -0.25) is 0 Å². The lowest BCUT2D eigenvalue weighted by atomic mass is 9.86. The Morgan fingerprint density at radius 3 is 1.06 bits per heavy atom. The Labute approximate surface area is 325 Å². The van der Waals surface area contributed by atoms with Crippen LogP contribution in [0.2, 0.25) is 0 Å². The summed E-state index contributed by atoms with van der Waals surface area (Å²) >= 11 is 5.98. The van der Waals surface area contributed by atoms with Gasteiger partial charge in [0, 0.05) is 50.1 Å². The number of carbonyl (C=O) groups excluding carboxylic acids is 2. The second-order valence-electron chi connectivity index (χ2n) is 11.7. The smallest absolute Gasteiger partial charge is 0.347 e. The lowest BCUT2D eigenvalue weighted by Gasteiger charge is -2.20. The number of carbonyl (C=O) groups is 2. The largest absolute Gasteiger partial charge is 0.354 e. The van der Waals surface area contributed by atoms with Crippen LogP contribution >= 0.6 is 45.3 Å². The third-order valence-corrected chi connectivity index (χ3v) is 13.6. The van der Waals surface area contributed by atoms with Crippen molar-refractivity contribution in [2.24, 2.45) is 0 Å². The van der Waals surface area contributed by atoms with Crippen molar-refractivity contribution in [2.45, 2.75) is 13.8 Å². The van der Waals surface area contributed by atoms with Gasteiger partial charge in [0.2, 0.25) is 0 Å². The summed E-state index contributed by atoms with van der Waals surface area (Å²) in [6.07, 6.45) is 3.01. The maximum atomic E-state index is 13.7. The van der Waals surface area contributed by atoms with E-state index in [0.717, 1.165) is 40.4 Å². The molecule has 0 aliphatic rings. The summed E-state index contributed by atoms with van der Waals surface area (Å²) in [7, 11) is 0. The molecule has 0 spiro atoms. The van der Waals surface area contributed by atoms with Crippen LogP contribution in [-0.2, 0) is 9.47 Å². The first kappa shape index (κ1) is 35.7. The minimum Gasteiger partial charge on any atom is -0.347 e. The molecule has 12 heteroatoms. The Balaban J connectivity index is 1.33. The van der Waals surface area contributed by atoms with Crippen molar-refractivity contribution in [1.82, 2.24) is 0 Å². The van der Waals surface area contributed by atoms with Gasteiger partial charge in [0.15, 0.2) is 0 Å². The maximum absolute atomic E-state index is 13.7. The van der Waals surface area contributed by atoms with Gasteiger partial charge in [0.25, 0.3) is 12.5 Å². The van der Waals surface area contributed by atoms with E-state index in [0.29, 0.717) is 43.1 Å². The molecule has 0 radical (unpaired) electrons. The molecular weight excluding hydrogens is 753 g/mol. The molecule has 4 heterocycles. The van der Waals surface area contributed by atoms with Gasteiger partial charge in [-0.15, -0.1) is 55.9 Å². The summed E-state index contributed by atoms with van der Waals surface area (Å²) in [5, 5.41) is 37.2. The fourth-order valence-electron chi connectivity index (χ4n) is 6.19. The monoisotopic (exact) mass is 774 g/mol. The second kappa shape index (κ2) is 15.1. The number of hydrogen-bond donors (Lipinski definition) is 0. The molecule has 0 atom stereocenters. The number of rotatable bonds is 8. The van der Waals surface area contributed by atoms with Crippen molar-refractivity contribution >= 4 is 57.3 Å². The molecule has 0 fully saturated rings. The van der Waals surface area contributed by atoms with Crippen LogP contribution in [0.1, 0.15) is 43.0 Å². The first-order valence-electron chi connectivity index (χ1n) is 16.0. The van der Waals surface area contributed by atoms with Crippen molar-refractivity contribution < 1.29 is 19.1 Å². The molecule has 0 bridgehead atoms. The average Bonchev–Trinajstić information content (AvgIpc) is 4.03. The van der Waals surface area contributed by atoms with Gasteiger partial charge < -0.3 is 9.47 Å². The zero-order valence-electron chi connectivity index (χ0n) is 28.3. The van der Waals surface area contributed by atoms with Crippen LogP contribution in [0, 0.1) is 59.5 Å². The molecule has 0 aliphatic heterocycles. The van der Waals surface area contributed by atoms with Gasteiger partial charge >= 0.3 is 11.9 Å². The number of nitrogens with zero attached hydrogens (tertiary/aromatic N) is 4. The van der Waals surface area contributed by atoms with E-state index in [4.69, 9.17) is 20.0 Å². The summed E-state index contributed by atoms with van der Waals surface area (Å²) in [6.45, 7) is 3.39. The van der Waals surface area contributed by atoms with E-state index < -0.39 is 11.9 Å². The third kappa shape index (κ3) is 6.71. The number of thiophene rings is 4. The van der Waals surface area contributed by atoms with Crippen LogP contribution in [0.5, 0.6) is 0 Å². The number of benzene rings is 3. The van der Waals surface area contributed by atoms with E-state index >= 15 is 0 Å². The first-order valence-corrected chi connectivity index (χ1v) is 19.3. The molecule has 0 aliphatic carbocycles. The summed E-state index contributed by atoms with van der Waals surface area (Å²) in [5.74, 6) is -1.74. The predicted molar refractivity (Wildman–Crippen MR) is 212 cm³/mol. The molecular formula is C42H22N4O4S4. The van der Waals surface area contributed by atoms with Crippen LogP contribution < -0.4 is 0 Å². The molecule has 3 aromatic carbocycles. The van der Waals surface area contributed by atoms with Crippen molar-refractivity contribution in [3.63, 3.8) is 0 Å². The zero-order valence-corrected chi connectivity index (χ0v) is 31.6. The summed E-state index contributed by atoms with van der Waals surface area (Å²) in [6, 6.07) is 34.6. The van der Waals surface area contributed by atoms with Crippen LogP contribution in [0.4, 0.5) is 0 Å². The maximum Gasteiger partial charge on any atom is 0.354 e. The highest BCUT2D eigenvalue weighted by Crippen LogP contribution is 2.48. The molecule has 0 N–H and O–H groups in total. The summed E-state index contributed by atoms with van der Waals surface area (Å²) in [5.41, 5.74) is 4.98. The fraction of sp³-hybridized carbons (Fsp3) is 0.0476. The third-order valence-electron chi connectivity index (χ3n) is 8.68. The van der Waals surface area contributed by atoms with E-state index in [1.54, 1.807) is 60.8 Å². The van der Waals surface area contributed by atoms with Gasteiger partial charge in [-0.2, -0.15) is 10.5 Å². The zero-order chi connectivity index (χ0) is 37.9. The quantitative estimate of drug-likeness (QED) is 0.109. The van der Waals surface area contributed by atoms with Gasteiger partial charge in [0.1, 0.15) is 0 Å². The highest BCUT2D eigenvalue weighted by atomic mass is 32.1. The molecule has 0 saturated carbocycles. The molecule has 7 aromatic rings. The Morgan fingerprint density at radius 2 is 0.741 bits per heavy atom. The predicted octanol–water partition coefficient (Wildman–Crippen LogP) is 11.6. The Hall–Kier alpha value is -6.64. The van der Waals surface area contributed by atoms with E-state index in [2.05, 4.69) is 12.1 Å². The number of hydrogen-bond acceptors (Lipinski definition) is 12. The van der Waals surface area contributed by atoms with Crippen LogP contribution in [0.25, 0.3) is 61.3 Å². The number of nitriles is 4. The Bertz CT molecular complexity index is 2580. The highest BCUT2D eigenvalue weighted by Gasteiger charge is 2.31. The average molecular weight is 775 g/mol. The second-order valence-corrected chi connectivity index (χ2v) is 16.1. The van der Waals surface area contributed by atoms with Gasteiger partial charge in [-0.25, -0.2) is 9.59 Å². The van der Waals surface area contributed by atoms with E-state index in [9.17, 15) is 20.1 Å². The lowest BCUT2D eigenvalue weighted by Crippen LogP contribution is -2.14. The van der Waals surface area contributed by atoms with Gasteiger partial charge in [-0.1, -0.05) is 24.3 Å². The van der Waals surface area contributed by atoms with Crippen molar-refractivity contribution in [1.29, 1.82) is 21.0 Å². The molecule has 0 amide bonds. The minimum atomic E-state index is -0.870. The number of esters is 2. The molecule has 0 saturated heterocycles. The first-order chi connectivity index (χ1) is 26.2. The molecule has 0 unspecified atom stereocenters. The topological polar surface area (TPSA) is 148 Å². The molecule has 8 nitrogen and oxygen atoms in total. The SMILES string of the molecule is Cc1c(C(=O)OC#N)c(-c2ccc(-c3ccc(-c4ccc(C#N)cc4)s3)s2)c(C)c(C(=O)OC#N)c1-c1ccc(-c2ccc(-c3ccc(C#N)cc3)s2)s1. The van der Waals surface area contributed by atoms with Crippen molar-refractivity contribution in [3.05, 3.63) is 130 Å². The van der Waals surface area contributed by atoms with Crippen molar-refractivity contribution in [3.8, 4) is 85.9 Å². The number of ether oxygens (including phenoxy) is 2. The van der Waals surface area contributed by atoms with Crippen LogP contribution in [0.15, 0.2) is 97.1 Å². The standard InChI is InChI=1S/C42H22N4O4S4/c1-23-37(35-17-15-33(53-35)31-13-11-29(51-31)27-7-3-25(19-43)4-8-27)40(42(48)50-22-46)24(2)38(39(23)41(47)49-21-45)36-18-16-34(54-36)32-14-12-30(52-32)28-9-5-26(20-44)6-10-28/h3-18H,1-2H3. The van der Waals surface area contributed by atoms with E-state index in [1.807, 2.05) is 72.8 Å². The molecule has 7 rings (SSSR count). The summed E-state index contributed by atoms with van der Waals surface area (Å²) < 4.78 is 9.86. The van der Waals surface area contributed by atoms with E-state index in [-0.39, 0.29) is 11.1 Å². The Kier molecular flexibility index (Phi) is 10.0. The fourth-order valence-corrected chi connectivity index (χ4v) is 10.6. The molecule has 258 valence electrons.